The van der Waals surface area contributed by atoms with Crippen molar-refractivity contribution in [3.63, 3.8) is 0 Å². The maximum atomic E-state index is 11.8. The molecular formula is C18H20N2O3S. The molecule has 24 heavy (non-hydrogen) atoms. The minimum Gasteiger partial charge on any atom is -0.484 e. The third-order valence-electron chi connectivity index (χ3n) is 3.72. The quantitative estimate of drug-likeness (QED) is 0.773. The Morgan fingerprint density at radius 1 is 1.17 bits per heavy atom. The second kappa shape index (κ2) is 7.97. The fraction of sp³-hybridized carbons (Fsp3) is 0.333. The number of ether oxygens (including phenoxy) is 1. The average molecular weight is 344 g/mol. The number of rotatable bonds is 8. The number of nitrogens with one attached hydrogen (secondary N) is 2. The van der Waals surface area contributed by atoms with Gasteiger partial charge in [0.05, 0.1) is 0 Å². The van der Waals surface area contributed by atoms with Crippen LogP contribution < -0.4 is 15.4 Å². The summed E-state index contributed by atoms with van der Waals surface area (Å²) in [6, 6.07) is 9.76. The van der Waals surface area contributed by atoms with Crippen molar-refractivity contribution >= 4 is 23.2 Å². The van der Waals surface area contributed by atoms with Crippen LogP contribution in [0.3, 0.4) is 0 Å². The van der Waals surface area contributed by atoms with Gasteiger partial charge < -0.3 is 15.4 Å². The smallest absolute Gasteiger partial charge is 0.258 e. The molecule has 6 heteroatoms. The molecule has 0 spiro atoms. The van der Waals surface area contributed by atoms with Gasteiger partial charge in [0.2, 0.25) is 0 Å². The summed E-state index contributed by atoms with van der Waals surface area (Å²) in [7, 11) is 0. The Morgan fingerprint density at radius 2 is 1.96 bits per heavy atom. The molecule has 1 aliphatic carbocycles. The molecular weight excluding hydrogens is 324 g/mol. The Hall–Kier alpha value is -2.34. The molecule has 2 aromatic rings. The number of carbonyl (C=O) groups excluding carboxylic acids is 2. The zero-order valence-electron chi connectivity index (χ0n) is 13.3. The molecule has 1 aromatic heterocycles. The summed E-state index contributed by atoms with van der Waals surface area (Å²) in [4.78, 5) is 23.4. The van der Waals surface area contributed by atoms with Gasteiger partial charge in [-0.3, -0.25) is 9.59 Å². The van der Waals surface area contributed by atoms with Crippen LogP contribution in [0.4, 0.5) is 0 Å². The van der Waals surface area contributed by atoms with Gasteiger partial charge in [0.1, 0.15) is 5.75 Å². The molecule has 5 nitrogen and oxygen atoms in total. The summed E-state index contributed by atoms with van der Waals surface area (Å²) < 4.78 is 5.46. The van der Waals surface area contributed by atoms with E-state index in [4.69, 9.17) is 4.74 Å². The van der Waals surface area contributed by atoms with Gasteiger partial charge >= 0.3 is 0 Å². The van der Waals surface area contributed by atoms with Crippen LogP contribution in [0.1, 0.15) is 28.8 Å². The van der Waals surface area contributed by atoms with E-state index in [9.17, 15) is 9.59 Å². The third-order valence-corrected chi connectivity index (χ3v) is 4.40. The number of hydrogen-bond donors (Lipinski definition) is 2. The molecule has 0 radical (unpaired) electrons. The average Bonchev–Trinajstić information content (AvgIpc) is 3.23. The molecule has 2 amide bonds. The molecule has 1 fully saturated rings. The van der Waals surface area contributed by atoms with Gasteiger partial charge in [-0.15, -0.1) is 0 Å². The van der Waals surface area contributed by atoms with Crippen molar-refractivity contribution in [1.29, 1.82) is 0 Å². The van der Waals surface area contributed by atoms with Gasteiger partial charge in [0, 0.05) is 23.5 Å². The van der Waals surface area contributed by atoms with E-state index in [1.165, 1.54) is 11.3 Å². The zero-order valence-corrected chi connectivity index (χ0v) is 14.1. The lowest BCUT2D eigenvalue weighted by Crippen LogP contribution is -2.30. The minimum atomic E-state index is -0.0716. The Balaban J connectivity index is 1.37. The van der Waals surface area contributed by atoms with Crippen LogP contribution in [0.5, 0.6) is 5.75 Å². The summed E-state index contributed by atoms with van der Waals surface area (Å²) in [6.07, 6.45) is 2.89. The third kappa shape index (κ3) is 5.09. The summed E-state index contributed by atoms with van der Waals surface area (Å²) in [6.45, 7) is 0.630. The Bertz CT molecular complexity index is 679. The van der Waals surface area contributed by atoms with Gasteiger partial charge in [-0.25, -0.2) is 0 Å². The van der Waals surface area contributed by atoms with E-state index in [1.54, 1.807) is 0 Å². The summed E-state index contributed by atoms with van der Waals surface area (Å²) in [5, 5.41) is 9.50. The van der Waals surface area contributed by atoms with Gasteiger partial charge in [-0.2, -0.15) is 11.3 Å². The highest BCUT2D eigenvalue weighted by atomic mass is 32.1. The van der Waals surface area contributed by atoms with Crippen molar-refractivity contribution in [2.24, 2.45) is 0 Å². The predicted molar refractivity (Wildman–Crippen MR) is 93.5 cm³/mol. The fourth-order valence-electron chi connectivity index (χ4n) is 2.21. The minimum absolute atomic E-state index is 0.0436. The first-order valence-electron chi connectivity index (χ1n) is 8.02. The molecule has 1 saturated carbocycles. The van der Waals surface area contributed by atoms with Crippen molar-refractivity contribution in [3.05, 3.63) is 52.2 Å². The van der Waals surface area contributed by atoms with Crippen LogP contribution in [0, 0.1) is 0 Å². The van der Waals surface area contributed by atoms with E-state index >= 15 is 0 Å². The molecule has 0 aliphatic heterocycles. The highest BCUT2D eigenvalue weighted by molar-refractivity contribution is 7.08. The first-order valence-corrected chi connectivity index (χ1v) is 8.96. The summed E-state index contributed by atoms with van der Waals surface area (Å²) in [5.74, 6) is 0.558. The van der Waals surface area contributed by atoms with Crippen molar-refractivity contribution in [1.82, 2.24) is 10.6 Å². The molecule has 126 valence electrons. The molecule has 2 N–H and O–H groups in total. The van der Waals surface area contributed by atoms with Crippen LogP contribution in [0.15, 0.2) is 41.1 Å². The summed E-state index contributed by atoms with van der Waals surface area (Å²) >= 11 is 1.51. The van der Waals surface area contributed by atoms with Crippen LogP contribution in [0.25, 0.3) is 0 Å². The van der Waals surface area contributed by atoms with Crippen LogP contribution in [-0.4, -0.2) is 31.0 Å². The van der Waals surface area contributed by atoms with E-state index in [2.05, 4.69) is 10.6 Å². The van der Waals surface area contributed by atoms with Gasteiger partial charge in [-0.1, -0.05) is 12.1 Å². The van der Waals surface area contributed by atoms with E-state index in [-0.39, 0.29) is 18.4 Å². The van der Waals surface area contributed by atoms with Gasteiger partial charge in [0.15, 0.2) is 6.61 Å². The van der Waals surface area contributed by atoms with Gasteiger partial charge in [-0.05, 0) is 48.4 Å². The molecule has 0 bridgehead atoms. The number of carbonyl (C=O) groups is 2. The molecule has 3 rings (SSSR count). The summed E-state index contributed by atoms with van der Waals surface area (Å²) in [5.41, 5.74) is 1.81. The van der Waals surface area contributed by atoms with E-state index in [0.29, 0.717) is 23.9 Å². The molecule has 0 unspecified atom stereocenters. The number of amides is 2. The first kappa shape index (κ1) is 16.5. The Labute approximate surface area is 145 Å². The molecule has 1 heterocycles. The monoisotopic (exact) mass is 344 g/mol. The SMILES string of the molecule is O=C(COc1ccc(CCNC(=O)c2ccsc2)cc1)NC1CC1. The standard InChI is InChI=1S/C18H20N2O3S/c21-17(20-15-3-4-15)11-23-16-5-1-13(2-6-16)7-9-19-18(22)14-8-10-24-12-14/h1-2,5-6,8,10,12,15H,3-4,7,9,11H2,(H,19,22)(H,20,21). The van der Waals surface area contributed by atoms with Crippen molar-refractivity contribution in [2.45, 2.75) is 25.3 Å². The van der Waals surface area contributed by atoms with Crippen LogP contribution >= 0.6 is 11.3 Å². The number of benzene rings is 1. The lowest BCUT2D eigenvalue weighted by Gasteiger charge is -2.08. The van der Waals surface area contributed by atoms with Crippen molar-refractivity contribution in [3.8, 4) is 5.75 Å². The maximum Gasteiger partial charge on any atom is 0.258 e. The van der Waals surface area contributed by atoms with Crippen molar-refractivity contribution in [2.75, 3.05) is 13.2 Å². The largest absolute Gasteiger partial charge is 0.484 e. The lowest BCUT2D eigenvalue weighted by atomic mass is 10.1. The zero-order chi connectivity index (χ0) is 16.8. The maximum absolute atomic E-state index is 11.8. The highest BCUT2D eigenvalue weighted by Gasteiger charge is 2.23. The normalized spacial score (nSPS) is 13.3. The lowest BCUT2D eigenvalue weighted by molar-refractivity contribution is -0.123. The molecule has 1 aliphatic rings. The molecule has 1 aromatic carbocycles. The van der Waals surface area contributed by atoms with Crippen molar-refractivity contribution < 1.29 is 14.3 Å². The fourth-order valence-corrected chi connectivity index (χ4v) is 2.85. The van der Waals surface area contributed by atoms with E-state index in [0.717, 1.165) is 24.8 Å². The van der Waals surface area contributed by atoms with E-state index < -0.39 is 0 Å². The number of thiophene rings is 1. The second-order valence-electron chi connectivity index (χ2n) is 5.79. The Kier molecular flexibility index (Phi) is 5.48. The van der Waals surface area contributed by atoms with Crippen LogP contribution in [-0.2, 0) is 11.2 Å². The van der Waals surface area contributed by atoms with Crippen LogP contribution in [0.2, 0.25) is 0 Å². The molecule has 0 saturated heterocycles. The topological polar surface area (TPSA) is 67.4 Å². The highest BCUT2D eigenvalue weighted by Crippen LogP contribution is 2.18. The first-order chi connectivity index (χ1) is 11.7. The second-order valence-corrected chi connectivity index (χ2v) is 6.57. The number of hydrogen-bond acceptors (Lipinski definition) is 4. The van der Waals surface area contributed by atoms with Gasteiger partial charge in [0.25, 0.3) is 11.8 Å². The molecule has 0 atom stereocenters. The van der Waals surface area contributed by atoms with E-state index in [1.807, 2.05) is 41.1 Å². The Morgan fingerprint density at radius 3 is 2.62 bits per heavy atom. The predicted octanol–water partition coefficient (Wildman–Crippen LogP) is 2.38.